The minimum absolute atomic E-state index is 0.157. The Morgan fingerprint density at radius 2 is 1.96 bits per heavy atom. The fraction of sp³-hybridized carbons (Fsp3) is 0.591. The van der Waals surface area contributed by atoms with Crippen molar-refractivity contribution < 1.29 is 9.84 Å². The van der Waals surface area contributed by atoms with Crippen molar-refractivity contribution in [3.8, 4) is 0 Å². The summed E-state index contributed by atoms with van der Waals surface area (Å²) in [4.78, 5) is 9.61. The third-order valence-electron chi connectivity index (χ3n) is 6.91. The van der Waals surface area contributed by atoms with Crippen LogP contribution in [-0.4, -0.2) is 70.9 Å². The van der Waals surface area contributed by atoms with Gasteiger partial charge in [-0.25, -0.2) is 4.98 Å². The molecule has 3 aliphatic heterocycles. The van der Waals surface area contributed by atoms with Gasteiger partial charge in [0.1, 0.15) is 5.01 Å². The Balaban J connectivity index is 1.36. The van der Waals surface area contributed by atoms with E-state index in [4.69, 9.17) is 4.74 Å². The maximum atomic E-state index is 10.3. The predicted molar refractivity (Wildman–Crippen MR) is 110 cm³/mol. The van der Waals surface area contributed by atoms with Crippen LogP contribution in [0.3, 0.4) is 0 Å². The third kappa shape index (κ3) is 3.21. The molecule has 0 bridgehead atoms. The standard InChI is InChI=1S/C22H29N3O2S/c26-14-19-21(18-4-2-1-3-5-18)22(25(19)12-17-6-9-27-10-7-17)15-24(16-22)13-20-23-8-11-28-20/h1-5,8,11,17,19,21,26H,6-7,9-10,12-16H2/t19-,21-/m1/s1. The van der Waals surface area contributed by atoms with Gasteiger partial charge in [-0.2, -0.15) is 0 Å². The van der Waals surface area contributed by atoms with E-state index in [9.17, 15) is 5.11 Å². The predicted octanol–water partition coefficient (Wildman–Crippen LogP) is 2.58. The fourth-order valence-electron chi connectivity index (χ4n) is 5.63. The van der Waals surface area contributed by atoms with Crippen LogP contribution in [0.2, 0.25) is 0 Å². The highest BCUT2D eigenvalue weighted by molar-refractivity contribution is 7.09. The van der Waals surface area contributed by atoms with Gasteiger partial charge in [0.15, 0.2) is 0 Å². The highest BCUT2D eigenvalue weighted by Gasteiger charge is 2.65. The number of aliphatic hydroxyl groups excluding tert-OH is 1. The molecule has 3 saturated heterocycles. The van der Waals surface area contributed by atoms with E-state index in [1.165, 1.54) is 10.6 Å². The molecule has 2 aromatic rings. The van der Waals surface area contributed by atoms with Gasteiger partial charge in [0, 0.05) is 56.4 Å². The molecule has 5 nitrogen and oxygen atoms in total. The third-order valence-corrected chi connectivity index (χ3v) is 7.68. The van der Waals surface area contributed by atoms with Crippen LogP contribution < -0.4 is 0 Å². The molecular formula is C22H29N3O2S. The molecule has 3 fully saturated rings. The smallest absolute Gasteiger partial charge is 0.107 e. The lowest BCUT2D eigenvalue weighted by atomic mass is 9.60. The SMILES string of the molecule is OC[C@@H]1[C@@H](c2ccccc2)C2(CN(Cc3nccs3)C2)N1CC1CCOCC1. The molecule has 1 N–H and O–H groups in total. The average molecular weight is 400 g/mol. The largest absolute Gasteiger partial charge is 0.395 e. The lowest BCUT2D eigenvalue weighted by Crippen LogP contribution is -2.84. The lowest BCUT2D eigenvalue weighted by molar-refractivity contribution is -0.199. The highest BCUT2D eigenvalue weighted by atomic mass is 32.1. The van der Waals surface area contributed by atoms with E-state index in [-0.39, 0.29) is 18.2 Å². The van der Waals surface area contributed by atoms with Crippen LogP contribution in [0.1, 0.15) is 29.3 Å². The Morgan fingerprint density at radius 3 is 2.64 bits per heavy atom. The minimum atomic E-state index is 0.157. The van der Waals surface area contributed by atoms with E-state index in [0.29, 0.717) is 11.8 Å². The van der Waals surface area contributed by atoms with Crippen LogP contribution in [0.4, 0.5) is 0 Å². The molecule has 0 aliphatic carbocycles. The van der Waals surface area contributed by atoms with Gasteiger partial charge in [0.25, 0.3) is 0 Å². The summed E-state index contributed by atoms with van der Waals surface area (Å²) in [6, 6.07) is 11.1. The van der Waals surface area contributed by atoms with Crippen molar-refractivity contribution in [2.24, 2.45) is 5.92 Å². The number of thiazole rings is 1. The van der Waals surface area contributed by atoms with Crippen LogP contribution in [0, 0.1) is 5.92 Å². The molecule has 28 heavy (non-hydrogen) atoms. The van der Waals surface area contributed by atoms with Crippen LogP contribution in [-0.2, 0) is 11.3 Å². The Labute approximate surface area is 171 Å². The van der Waals surface area contributed by atoms with Crippen molar-refractivity contribution in [3.05, 3.63) is 52.5 Å². The first-order valence-corrected chi connectivity index (χ1v) is 11.3. The summed E-state index contributed by atoms with van der Waals surface area (Å²) < 4.78 is 5.56. The molecule has 1 aromatic heterocycles. The number of benzene rings is 1. The van der Waals surface area contributed by atoms with E-state index in [0.717, 1.165) is 52.2 Å². The highest BCUT2D eigenvalue weighted by Crippen LogP contribution is 2.54. The van der Waals surface area contributed by atoms with Crippen molar-refractivity contribution in [2.75, 3.05) is 39.5 Å². The quantitative estimate of drug-likeness (QED) is 0.809. The summed E-state index contributed by atoms with van der Waals surface area (Å²) in [5.41, 5.74) is 1.53. The summed E-state index contributed by atoms with van der Waals surface area (Å²) in [5.74, 6) is 1.09. The maximum Gasteiger partial charge on any atom is 0.107 e. The van der Waals surface area contributed by atoms with E-state index < -0.39 is 0 Å². The van der Waals surface area contributed by atoms with Crippen molar-refractivity contribution >= 4 is 11.3 Å². The van der Waals surface area contributed by atoms with Crippen molar-refractivity contribution in [3.63, 3.8) is 0 Å². The van der Waals surface area contributed by atoms with Gasteiger partial charge >= 0.3 is 0 Å². The monoisotopic (exact) mass is 399 g/mol. The first-order chi connectivity index (χ1) is 13.8. The molecule has 5 rings (SSSR count). The number of nitrogens with zero attached hydrogens (tertiary/aromatic N) is 3. The van der Waals surface area contributed by atoms with Crippen LogP contribution in [0.25, 0.3) is 0 Å². The van der Waals surface area contributed by atoms with Gasteiger partial charge in [-0.3, -0.25) is 9.80 Å². The number of ether oxygens (including phenoxy) is 1. The van der Waals surface area contributed by atoms with Gasteiger partial charge in [0.2, 0.25) is 0 Å². The second-order valence-corrected chi connectivity index (χ2v) is 9.50. The molecule has 0 amide bonds. The Morgan fingerprint density at radius 1 is 1.18 bits per heavy atom. The topological polar surface area (TPSA) is 48.8 Å². The van der Waals surface area contributed by atoms with Crippen molar-refractivity contribution in [2.45, 2.75) is 36.9 Å². The molecular weight excluding hydrogens is 370 g/mol. The Kier molecular flexibility index (Phi) is 5.24. The zero-order valence-corrected chi connectivity index (χ0v) is 17.1. The lowest BCUT2D eigenvalue weighted by Gasteiger charge is -2.71. The Hall–Kier alpha value is -1.31. The number of hydrogen-bond donors (Lipinski definition) is 1. The van der Waals surface area contributed by atoms with E-state index in [1.54, 1.807) is 11.3 Å². The van der Waals surface area contributed by atoms with E-state index >= 15 is 0 Å². The molecule has 1 aromatic carbocycles. The molecule has 0 unspecified atom stereocenters. The zero-order chi connectivity index (χ0) is 19.0. The number of rotatable bonds is 6. The first kappa shape index (κ1) is 18.7. The van der Waals surface area contributed by atoms with E-state index in [1.807, 2.05) is 6.20 Å². The number of aromatic nitrogens is 1. The van der Waals surface area contributed by atoms with Crippen molar-refractivity contribution in [1.82, 2.24) is 14.8 Å². The average Bonchev–Trinajstić information content (AvgIpc) is 3.21. The Bertz CT molecular complexity index is 757. The van der Waals surface area contributed by atoms with Gasteiger partial charge < -0.3 is 9.84 Å². The van der Waals surface area contributed by atoms with Gasteiger partial charge in [-0.05, 0) is 24.3 Å². The van der Waals surface area contributed by atoms with E-state index in [2.05, 4.69) is 50.5 Å². The molecule has 0 saturated carbocycles. The number of aliphatic hydroxyl groups is 1. The number of likely N-dealkylation sites (tertiary alicyclic amines) is 2. The molecule has 6 heteroatoms. The van der Waals surface area contributed by atoms with Crippen LogP contribution >= 0.6 is 11.3 Å². The van der Waals surface area contributed by atoms with Crippen LogP contribution in [0.15, 0.2) is 41.9 Å². The zero-order valence-electron chi connectivity index (χ0n) is 16.2. The second-order valence-electron chi connectivity index (χ2n) is 8.52. The number of hydrogen-bond acceptors (Lipinski definition) is 6. The molecule has 1 spiro atoms. The normalized spacial score (nSPS) is 28.2. The fourth-order valence-corrected chi connectivity index (χ4v) is 6.28. The van der Waals surface area contributed by atoms with Gasteiger partial charge in [-0.1, -0.05) is 30.3 Å². The van der Waals surface area contributed by atoms with Crippen LogP contribution in [0.5, 0.6) is 0 Å². The minimum Gasteiger partial charge on any atom is -0.395 e. The summed E-state index contributed by atoms with van der Waals surface area (Å²) in [7, 11) is 0. The summed E-state index contributed by atoms with van der Waals surface area (Å²) in [6.45, 7) is 6.15. The molecule has 2 atom stereocenters. The van der Waals surface area contributed by atoms with Gasteiger partial charge in [-0.15, -0.1) is 11.3 Å². The summed E-state index contributed by atoms with van der Waals surface area (Å²) in [6.07, 6.45) is 4.18. The second kappa shape index (κ2) is 7.84. The molecule has 3 aliphatic rings. The molecule has 0 radical (unpaired) electrons. The molecule has 150 valence electrons. The van der Waals surface area contributed by atoms with Crippen molar-refractivity contribution in [1.29, 1.82) is 0 Å². The first-order valence-electron chi connectivity index (χ1n) is 10.4. The summed E-state index contributed by atoms with van der Waals surface area (Å²) >= 11 is 1.74. The maximum absolute atomic E-state index is 10.3. The van der Waals surface area contributed by atoms with Gasteiger partial charge in [0.05, 0.1) is 18.7 Å². The summed E-state index contributed by atoms with van der Waals surface area (Å²) in [5, 5.41) is 13.5. The molecule has 4 heterocycles.